The second-order valence-electron chi connectivity index (χ2n) is 16.2. The van der Waals surface area contributed by atoms with Crippen molar-refractivity contribution < 1.29 is 9.47 Å². The zero-order chi connectivity index (χ0) is 43.1. The Hall–Kier alpha value is -8.80. The summed E-state index contributed by atoms with van der Waals surface area (Å²) >= 11 is 0. The predicted molar refractivity (Wildman–Crippen MR) is 267 cm³/mol. The number of fused-ring (bicyclic) bond motifs is 4. The monoisotopic (exact) mass is 835 g/mol. The first kappa shape index (κ1) is 37.9. The molecule has 0 aromatic heterocycles. The van der Waals surface area contributed by atoms with Gasteiger partial charge in [0.15, 0.2) is 23.0 Å². The topological polar surface area (TPSA) is 28.2 Å². The van der Waals surface area contributed by atoms with Gasteiger partial charge in [0.05, 0.1) is 22.7 Å². The number of benzene rings is 10. The van der Waals surface area contributed by atoms with E-state index in [4.69, 9.17) is 9.47 Å². The maximum Gasteiger partial charge on any atom is 0.151 e. The fourth-order valence-corrected chi connectivity index (χ4v) is 9.10. The molecule has 2 aliphatic heterocycles. The van der Waals surface area contributed by atoms with Crippen molar-refractivity contribution in [3.05, 3.63) is 249 Å². The van der Waals surface area contributed by atoms with Crippen molar-refractivity contribution >= 4 is 51.2 Å². The van der Waals surface area contributed by atoms with Crippen LogP contribution in [0.3, 0.4) is 0 Å². The summed E-state index contributed by atoms with van der Waals surface area (Å²) in [5.74, 6) is 3.35. The molecule has 0 saturated carbocycles. The molecule has 0 saturated heterocycles. The third kappa shape index (κ3) is 7.02. The van der Waals surface area contributed by atoms with Gasteiger partial charge in [-0.2, -0.15) is 0 Å². The predicted octanol–water partition coefficient (Wildman–Crippen LogP) is 17.3. The fraction of sp³-hybridized carbons (Fsp3) is 0. The van der Waals surface area contributed by atoms with E-state index in [0.717, 1.165) is 96.4 Å². The number of nitrogens with zero attached hydrogens (tertiary/aromatic N) is 3. The van der Waals surface area contributed by atoms with Gasteiger partial charge in [0, 0.05) is 28.4 Å². The molecular formula is C60H41N3O2. The molecular weight excluding hydrogens is 795 g/mol. The van der Waals surface area contributed by atoms with Gasteiger partial charge in [-0.1, -0.05) is 140 Å². The highest BCUT2D eigenvalue weighted by molar-refractivity contribution is 5.90. The van der Waals surface area contributed by atoms with Crippen LogP contribution in [0.4, 0.5) is 51.2 Å². The van der Waals surface area contributed by atoms with Crippen molar-refractivity contribution in [1.82, 2.24) is 0 Å². The van der Waals surface area contributed by atoms with Crippen molar-refractivity contribution in [3.63, 3.8) is 0 Å². The van der Waals surface area contributed by atoms with Crippen LogP contribution in [0.5, 0.6) is 23.0 Å². The second-order valence-corrected chi connectivity index (χ2v) is 16.2. The van der Waals surface area contributed by atoms with Gasteiger partial charge in [-0.15, -0.1) is 0 Å². The number of rotatable bonds is 8. The van der Waals surface area contributed by atoms with E-state index in [1.165, 1.54) is 11.1 Å². The third-order valence-electron chi connectivity index (χ3n) is 12.2. The van der Waals surface area contributed by atoms with Gasteiger partial charge >= 0.3 is 0 Å². The molecule has 0 unspecified atom stereocenters. The molecule has 0 aliphatic carbocycles. The Morgan fingerprint density at radius 3 is 0.908 bits per heavy atom. The minimum absolute atomic E-state index is 0.838. The summed E-state index contributed by atoms with van der Waals surface area (Å²) in [6.45, 7) is 0. The van der Waals surface area contributed by atoms with Crippen LogP contribution in [-0.2, 0) is 0 Å². The Morgan fingerprint density at radius 1 is 0.246 bits per heavy atom. The summed E-state index contributed by atoms with van der Waals surface area (Å²) in [6.07, 6.45) is 0. The molecule has 0 radical (unpaired) electrons. The molecule has 0 bridgehead atoms. The molecule has 0 fully saturated rings. The lowest BCUT2D eigenvalue weighted by atomic mass is 10.0. The van der Waals surface area contributed by atoms with Gasteiger partial charge in [0.25, 0.3) is 0 Å². The van der Waals surface area contributed by atoms with E-state index in [0.29, 0.717) is 0 Å². The minimum atomic E-state index is 0.838. The first-order valence-electron chi connectivity index (χ1n) is 21.9. The average Bonchev–Trinajstić information content (AvgIpc) is 3.38. The molecule has 10 aromatic carbocycles. The van der Waals surface area contributed by atoms with E-state index in [-0.39, 0.29) is 0 Å². The number of anilines is 9. The number of ether oxygens (including phenoxy) is 2. The van der Waals surface area contributed by atoms with Gasteiger partial charge in [-0.05, 0) is 143 Å². The van der Waals surface area contributed by atoms with E-state index >= 15 is 0 Å². The molecule has 0 spiro atoms. The quantitative estimate of drug-likeness (QED) is 0.152. The number of hydrogen-bond acceptors (Lipinski definition) is 5. The van der Waals surface area contributed by atoms with Crippen LogP contribution in [0.15, 0.2) is 249 Å². The van der Waals surface area contributed by atoms with Crippen molar-refractivity contribution in [2.45, 2.75) is 0 Å². The van der Waals surface area contributed by atoms with Gasteiger partial charge < -0.3 is 24.2 Å². The average molecular weight is 836 g/mol. The first-order valence-corrected chi connectivity index (χ1v) is 21.9. The Balaban J connectivity index is 0.886. The van der Waals surface area contributed by atoms with Crippen LogP contribution < -0.4 is 24.2 Å². The van der Waals surface area contributed by atoms with Crippen LogP contribution in [0.2, 0.25) is 0 Å². The van der Waals surface area contributed by atoms with E-state index in [2.05, 4.69) is 215 Å². The Labute approximate surface area is 378 Å². The smallest absolute Gasteiger partial charge is 0.151 e. The maximum absolute atomic E-state index is 6.31. The number of para-hydroxylation sites is 8. The third-order valence-corrected chi connectivity index (χ3v) is 12.2. The van der Waals surface area contributed by atoms with Gasteiger partial charge in [-0.3, -0.25) is 0 Å². The molecule has 5 heteroatoms. The Kier molecular flexibility index (Phi) is 9.42. The van der Waals surface area contributed by atoms with Crippen molar-refractivity contribution in [1.29, 1.82) is 0 Å². The van der Waals surface area contributed by atoms with Crippen LogP contribution in [-0.4, -0.2) is 0 Å². The lowest BCUT2D eigenvalue weighted by Gasteiger charge is -2.33. The van der Waals surface area contributed by atoms with Crippen LogP contribution >= 0.6 is 0 Å². The molecule has 10 aromatic rings. The molecule has 5 nitrogen and oxygen atoms in total. The zero-order valence-corrected chi connectivity index (χ0v) is 35.3. The standard InChI is InChI=1S/C60H41N3O2/c1-2-14-42(15-3-1)43-28-34-48(35-29-43)61(49-36-30-44(31-37-49)46-16-12-18-51(40-46)62-53-20-4-8-24-57(53)64-58-25-9-5-21-54(58)62)50-38-32-45(33-39-50)47-17-13-19-52(41-47)63-55-22-6-10-26-59(55)65-60-27-11-7-23-56(60)63/h1-41H. The summed E-state index contributed by atoms with van der Waals surface area (Å²) in [4.78, 5) is 6.90. The van der Waals surface area contributed by atoms with Crippen molar-refractivity contribution in [2.24, 2.45) is 0 Å². The van der Waals surface area contributed by atoms with E-state index < -0.39 is 0 Å². The number of hydrogen-bond donors (Lipinski definition) is 0. The second kappa shape index (κ2) is 16.2. The molecule has 0 N–H and O–H groups in total. The van der Waals surface area contributed by atoms with E-state index in [9.17, 15) is 0 Å². The molecule has 2 heterocycles. The highest BCUT2D eigenvalue weighted by Crippen LogP contribution is 2.52. The van der Waals surface area contributed by atoms with Crippen LogP contribution in [0.1, 0.15) is 0 Å². The Morgan fingerprint density at radius 2 is 0.538 bits per heavy atom. The summed E-state index contributed by atoms with van der Waals surface area (Å²) in [5, 5.41) is 0. The summed E-state index contributed by atoms with van der Waals surface area (Å²) in [5.41, 5.74) is 16.3. The normalized spacial score (nSPS) is 12.2. The van der Waals surface area contributed by atoms with E-state index in [1.54, 1.807) is 0 Å². The highest BCUT2D eigenvalue weighted by Gasteiger charge is 2.27. The molecule has 65 heavy (non-hydrogen) atoms. The molecule has 12 rings (SSSR count). The fourth-order valence-electron chi connectivity index (χ4n) is 9.10. The van der Waals surface area contributed by atoms with Crippen LogP contribution in [0.25, 0.3) is 33.4 Å². The molecule has 308 valence electrons. The van der Waals surface area contributed by atoms with Gasteiger partial charge in [0.1, 0.15) is 0 Å². The first-order chi connectivity index (χ1) is 32.2. The van der Waals surface area contributed by atoms with Crippen molar-refractivity contribution in [3.8, 4) is 56.4 Å². The summed E-state index contributed by atoms with van der Waals surface area (Å²) in [7, 11) is 0. The zero-order valence-electron chi connectivity index (χ0n) is 35.3. The maximum atomic E-state index is 6.31. The largest absolute Gasteiger partial charge is 0.453 e. The Bertz CT molecular complexity index is 3060. The van der Waals surface area contributed by atoms with Gasteiger partial charge in [0.2, 0.25) is 0 Å². The SMILES string of the molecule is c1ccc(-c2ccc(N(c3ccc(-c4cccc(N5c6ccccc6Oc6ccccc65)c4)cc3)c3ccc(-c4cccc(N5c6ccccc6Oc6ccccc65)c4)cc3)cc2)cc1. The summed E-state index contributed by atoms with van der Waals surface area (Å²) in [6, 6.07) is 87.5. The van der Waals surface area contributed by atoms with Crippen molar-refractivity contribution in [2.75, 3.05) is 14.7 Å². The van der Waals surface area contributed by atoms with Gasteiger partial charge in [-0.25, -0.2) is 0 Å². The molecule has 0 atom stereocenters. The summed E-state index contributed by atoms with van der Waals surface area (Å²) < 4.78 is 12.6. The van der Waals surface area contributed by atoms with Crippen LogP contribution in [0, 0.1) is 0 Å². The molecule has 0 amide bonds. The van der Waals surface area contributed by atoms with E-state index in [1.807, 2.05) is 48.5 Å². The minimum Gasteiger partial charge on any atom is -0.453 e. The molecule has 2 aliphatic rings. The highest BCUT2D eigenvalue weighted by atomic mass is 16.5. The lowest BCUT2D eigenvalue weighted by molar-refractivity contribution is 0.477. The lowest BCUT2D eigenvalue weighted by Crippen LogP contribution is -2.15.